The molecule has 5 nitrogen and oxygen atoms in total. The van der Waals surface area contributed by atoms with Gasteiger partial charge < -0.3 is 5.11 Å². The maximum atomic E-state index is 10.1. The lowest BCUT2D eigenvalue weighted by molar-refractivity contribution is 0.204. The number of hydrogen-bond acceptors (Lipinski definition) is 4. The zero-order valence-electron chi connectivity index (χ0n) is 8.92. The molecular weight excluding hydrogens is 272 g/mol. The van der Waals surface area contributed by atoms with Gasteiger partial charge in [-0.1, -0.05) is 11.3 Å². The van der Waals surface area contributed by atoms with Crippen LogP contribution in [0.1, 0.15) is 23.1 Å². The van der Waals surface area contributed by atoms with Crippen LogP contribution in [-0.2, 0) is 7.05 Å². The average Bonchev–Trinajstić information content (AvgIpc) is 2.59. The van der Waals surface area contributed by atoms with Gasteiger partial charge in [0.05, 0.1) is 5.69 Å². The second-order valence-electron chi connectivity index (χ2n) is 3.55. The Labute approximate surface area is 101 Å². The second-order valence-corrected chi connectivity index (χ2v) is 4.30. The van der Waals surface area contributed by atoms with Crippen LogP contribution >= 0.6 is 15.9 Å². The third kappa shape index (κ3) is 1.98. The summed E-state index contributed by atoms with van der Waals surface area (Å²) in [4.78, 5) is 4.18. The second kappa shape index (κ2) is 4.31. The van der Waals surface area contributed by atoms with Crippen LogP contribution in [0.5, 0.6) is 0 Å². The minimum absolute atomic E-state index is 0.532. The summed E-state index contributed by atoms with van der Waals surface area (Å²) < 4.78 is 2.06. The van der Waals surface area contributed by atoms with Crippen LogP contribution in [0.25, 0.3) is 0 Å². The number of halogens is 1. The number of hydrogen-bond donors (Lipinski definition) is 1. The van der Waals surface area contributed by atoms with Crippen LogP contribution < -0.4 is 0 Å². The van der Waals surface area contributed by atoms with Crippen molar-refractivity contribution in [3.05, 3.63) is 39.9 Å². The fourth-order valence-corrected chi connectivity index (χ4v) is 1.95. The largest absolute Gasteiger partial charge is 0.380 e. The van der Waals surface area contributed by atoms with E-state index in [1.54, 1.807) is 19.3 Å². The zero-order valence-corrected chi connectivity index (χ0v) is 10.5. The molecule has 0 radical (unpaired) electrons. The van der Waals surface area contributed by atoms with E-state index in [1.165, 1.54) is 4.68 Å². The van der Waals surface area contributed by atoms with Crippen LogP contribution in [0.2, 0.25) is 0 Å². The molecule has 1 N–H and O–H groups in total. The first-order chi connectivity index (χ1) is 7.59. The Hall–Kier alpha value is -1.27. The van der Waals surface area contributed by atoms with Gasteiger partial charge in [-0.25, -0.2) is 4.68 Å². The van der Waals surface area contributed by atoms with E-state index in [-0.39, 0.29) is 0 Å². The Bertz CT molecular complexity index is 475. The van der Waals surface area contributed by atoms with Crippen molar-refractivity contribution >= 4 is 15.9 Å². The molecule has 6 heteroatoms. The van der Waals surface area contributed by atoms with Crippen molar-refractivity contribution in [3.8, 4) is 0 Å². The monoisotopic (exact) mass is 282 g/mol. The Morgan fingerprint density at radius 2 is 2.19 bits per heavy atom. The highest BCUT2D eigenvalue weighted by molar-refractivity contribution is 9.10. The van der Waals surface area contributed by atoms with Crippen LogP contribution in [-0.4, -0.2) is 25.1 Å². The van der Waals surface area contributed by atoms with Crippen LogP contribution in [0.15, 0.2) is 22.9 Å². The van der Waals surface area contributed by atoms with E-state index in [2.05, 4.69) is 31.2 Å². The summed E-state index contributed by atoms with van der Waals surface area (Å²) in [6.07, 6.45) is 0.894. The van der Waals surface area contributed by atoms with Gasteiger partial charge in [-0.3, -0.25) is 4.98 Å². The summed E-state index contributed by atoms with van der Waals surface area (Å²) in [6, 6.07) is 3.70. The van der Waals surface area contributed by atoms with E-state index in [0.717, 1.165) is 5.56 Å². The molecule has 84 valence electrons. The summed E-state index contributed by atoms with van der Waals surface area (Å²) in [6.45, 7) is 1.95. The molecule has 16 heavy (non-hydrogen) atoms. The number of rotatable bonds is 2. The minimum atomic E-state index is -0.824. The summed E-state index contributed by atoms with van der Waals surface area (Å²) in [5.74, 6) is 0. The molecule has 1 atom stereocenters. The van der Waals surface area contributed by atoms with Crippen LogP contribution in [0, 0.1) is 6.92 Å². The average molecular weight is 283 g/mol. The smallest absolute Gasteiger partial charge is 0.154 e. The summed E-state index contributed by atoms with van der Waals surface area (Å²) in [5, 5.41) is 17.8. The van der Waals surface area contributed by atoms with Crippen molar-refractivity contribution in [2.45, 2.75) is 13.0 Å². The maximum Gasteiger partial charge on any atom is 0.154 e. The highest BCUT2D eigenvalue weighted by atomic mass is 79.9. The third-order valence-electron chi connectivity index (χ3n) is 2.30. The van der Waals surface area contributed by atoms with Gasteiger partial charge in [0.15, 0.2) is 4.60 Å². The molecule has 0 aliphatic heterocycles. The number of nitrogens with zero attached hydrogens (tertiary/aromatic N) is 4. The number of pyridine rings is 1. The molecule has 0 aliphatic rings. The van der Waals surface area contributed by atoms with E-state index in [1.807, 2.05) is 13.0 Å². The van der Waals surface area contributed by atoms with Gasteiger partial charge in [0.2, 0.25) is 0 Å². The Morgan fingerprint density at radius 3 is 2.69 bits per heavy atom. The molecule has 0 saturated heterocycles. The Balaban J connectivity index is 2.39. The number of aryl methyl sites for hydroxylation is 2. The molecule has 2 aromatic heterocycles. The van der Waals surface area contributed by atoms with Crippen molar-refractivity contribution in [1.29, 1.82) is 0 Å². The topological polar surface area (TPSA) is 63.8 Å². The van der Waals surface area contributed by atoms with Crippen molar-refractivity contribution in [3.63, 3.8) is 0 Å². The SMILES string of the molecule is Cc1ccc(C(O)c2c(Br)nnn2C)nc1. The normalized spacial score (nSPS) is 12.8. The van der Waals surface area contributed by atoms with E-state index >= 15 is 0 Å². The first kappa shape index (κ1) is 11.2. The summed E-state index contributed by atoms with van der Waals surface area (Å²) in [7, 11) is 1.73. The third-order valence-corrected chi connectivity index (χ3v) is 2.86. The molecule has 0 aliphatic carbocycles. The highest BCUT2D eigenvalue weighted by Gasteiger charge is 2.20. The fraction of sp³-hybridized carbons (Fsp3) is 0.300. The molecule has 0 spiro atoms. The molecule has 2 heterocycles. The number of aliphatic hydroxyl groups excluding tert-OH is 1. The lowest BCUT2D eigenvalue weighted by Gasteiger charge is -2.10. The molecular formula is C10H11BrN4O. The molecule has 0 saturated carbocycles. The van der Waals surface area contributed by atoms with Gasteiger partial charge in [0, 0.05) is 13.2 Å². The predicted molar refractivity (Wildman–Crippen MR) is 61.7 cm³/mol. The Kier molecular flexibility index (Phi) is 3.02. The fourth-order valence-electron chi connectivity index (χ4n) is 1.41. The lowest BCUT2D eigenvalue weighted by atomic mass is 10.1. The van der Waals surface area contributed by atoms with Gasteiger partial charge in [0.1, 0.15) is 11.8 Å². The van der Waals surface area contributed by atoms with E-state index in [0.29, 0.717) is 16.0 Å². The van der Waals surface area contributed by atoms with Crippen LogP contribution in [0.4, 0.5) is 0 Å². The van der Waals surface area contributed by atoms with Gasteiger partial charge in [-0.2, -0.15) is 0 Å². The van der Waals surface area contributed by atoms with Crippen molar-refractivity contribution < 1.29 is 5.11 Å². The first-order valence-corrected chi connectivity index (χ1v) is 5.54. The van der Waals surface area contributed by atoms with Crippen molar-refractivity contribution in [2.24, 2.45) is 7.05 Å². The van der Waals surface area contributed by atoms with Gasteiger partial charge >= 0.3 is 0 Å². The predicted octanol–water partition coefficient (Wildman–Crippen LogP) is 1.36. The molecule has 2 aromatic rings. The molecule has 0 fully saturated rings. The van der Waals surface area contributed by atoms with Crippen molar-refractivity contribution in [1.82, 2.24) is 20.0 Å². The molecule has 0 bridgehead atoms. The number of aliphatic hydroxyl groups is 1. The summed E-state index contributed by atoms with van der Waals surface area (Å²) in [5.41, 5.74) is 2.23. The minimum Gasteiger partial charge on any atom is -0.380 e. The first-order valence-electron chi connectivity index (χ1n) is 4.75. The summed E-state index contributed by atoms with van der Waals surface area (Å²) >= 11 is 3.25. The molecule has 0 amide bonds. The van der Waals surface area contributed by atoms with E-state index in [4.69, 9.17) is 0 Å². The van der Waals surface area contributed by atoms with Crippen molar-refractivity contribution in [2.75, 3.05) is 0 Å². The van der Waals surface area contributed by atoms with Gasteiger partial charge in [0.25, 0.3) is 0 Å². The molecule has 1 unspecified atom stereocenters. The van der Waals surface area contributed by atoms with E-state index < -0.39 is 6.10 Å². The number of aromatic nitrogens is 4. The maximum absolute atomic E-state index is 10.1. The Morgan fingerprint density at radius 1 is 1.44 bits per heavy atom. The highest BCUT2D eigenvalue weighted by Crippen LogP contribution is 2.24. The lowest BCUT2D eigenvalue weighted by Crippen LogP contribution is -2.08. The molecule has 2 rings (SSSR count). The van der Waals surface area contributed by atoms with Crippen LogP contribution in [0.3, 0.4) is 0 Å². The zero-order chi connectivity index (χ0) is 11.7. The van der Waals surface area contributed by atoms with E-state index in [9.17, 15) is 5.11 Å². The standard InChI is InChI=1S/C10H11BrN4O/c1-6-3-4-7(12-5-6)9(16)8-10(11)13-14-15(8)2/h3-5,9,16H,1-2H3. The van der Waals surface area contributed by atoms with Gasteiger partial charge in [-0.15, -0.1) is 5.10 Å². The van der Waals surface area contributed by atoms with Gasteiger partial charge in [-0.05, 0) is 34.5 Å². The quantitative estimate of drug-likeness (QED) is 0.904. The molecule has 0 aromatic carbocycles.